The van der Waals surface area contributed by atoms with Crippen molar-refractivity contribution in [3.63, 3.8) is 0 Å². The van der Waals surface area contributed by atoms with Crippen molar-refractivity contribution in [3.05, 3.63) is 52.8 Å². The quantitative estimate of drug-likeness (QED) is 0.832. The van der Waals surface area contributed by atoms with E-state index in [0.29, 0.717) is 40.5 Å². The SMILES string of the molecule is COc1ccc(/C=C2\Oc3c(ccc(O)c3CN(C)C)C2=O)c(OC)c1. The van der Waals surface area contributed by atoms with E-state index in [1.807, 2.05) is 19.0 Å². The van der Waals surface area contributed by atoms with E-state index in [1.165, 1.54) is 6.07 Å². The van der Waals surface area contributed by atoms with Crippen molar-refractivity contribution in [2.75, 3.05) is 28.3 Å². The van der Waals surface area contributed by atoms with E-state index in [9.17, 15) is 9.90 Å². The zero-order valence-corrected chi connectivity index (χ0v) is 15.2. The first-order valence-electron chi connectivity index (χ1n) is 8.10. The number of ether oxygens (including phenoxy) is 3. The molecule has 0 unspecified atom stereocenters. The molecule has 1 aliphatic rings. The molecule has 0 aliphatic carbocycles. The van der Waals surface area contributed by atoms with E-state index in [0.717, 1.165) is 0 Å². The molecule has 6 heteroatoms. The van der Waals surface area contributed by atoms with E-state index in [4.69, 9.17) is 14.2 Å². The Bertz CT molecular complexity index is 886. The Morgan fingerprint density at radius 2 is 1.92 bits per heavy atom. The number of fused-ring (bicyclic) bond motifs is 1. The minimum atomic E-state index is -0.224. The lowest BCUT2D eigenvalue weighted by Gasteiger charge is -2.14. The molecule has 136 valence electrons. The fourth-order valence-corrected chi connectivity index (χ4v) is 2.84. The van der Waals surface area contributed by atoms with Crippen LogP contribution in [0, 0.1) is 0 Å². The van der Waals surface area contributed by atoms with Gasteiger partial charge in [-0.1, -0.05) is 0 Å². The molecule has 0 amide bonds. The fourth-order valence-electron chi connectivity index (χ4n) is 2.84. The van der Waals surface area contributed by atoms with Crippen LogP contribution in [-0.4, -0.2) is 44.1 Å². The van der Waals surface area contributed by atoms with Gasteiger partial charge >= 0.3 is 0 Å². The number of ketones is 1. The number of aromatic hydroxyl groups is 1. The first kappa shape index (κ1) is 17.8. The van der Waals surface area contributed by atoms with E-state index in [-0.39, 0.29) is 17.3 Å². The number of phenols is 1. The zero-order valence-electron chi connectivity index (χ0n) is 15.2. The second kappa shape index (κ2) is 7.09. The molecule has 1 heterocycles. The van der Waals surface area contributed by atoms with E-state index >= 15 is 0 Å². The standard InChI is InChI=1S/C20H21NO5/c1-21(2)11-15-16(22)8-7-14-19(23)18(26-20(14)15)9-12-5-6-13(24-3)10-17(12)25-4/h5-10,22H,11H2,1-4H3/b18-9-. The van der Waals surface area contributed by atoms with Gasteiger partial charge in [0.2, 0.25) is 5.78 Å². The Hall–Kier alpha value is -2.99. The Labute approximate surface area is 152 Å². The molecule has 6 nitrogen and oxygen atoms in total. The van der Waals surface area contributed by atoms with Crippen molar-refractivity contribution < 1.29 is 24.1 Å². The second-order valence-electron chi connectivity index (χ2n) is 6.23. The van der Waals surface area contributed by atoms with Gasteiger partial charge in [-0.05, 0) is 44.4 Å². The molecule has 0 saturated carbocycles. The van der Waals surface area contributed by atoms with Crippen LogP contribution in [0.5, 0.6) is 23.0 Å². The molecule has 26 heavy (non-hydrogen) atoms. The number of phenolic OH excluding ortho intramolecular Hbond substituents is 1. The molecule has 2 aromatic carbocycles. The summed E-state index contributed by atoms with van der Waals surface area (Å²) in [4.78, 5) is 14.6. The van der Waals surface area contributed by atoms with Crippen molar-refractivity contribution in [1.29, 1.82) is 0 Å². The van der Waals surface area contributed by atoms with Crippen molar-refractivity contribution in [3.8, 4) is 23.0 Å². The van der Waals surface area contributed by atoms with Gasteiger partial charge in [0.15, 0.2) is 5.76 Å². The molecule has 0 radical (unpaired) electrons. The smallest absolute Gasteiger partial charge is 0.231 e. The summed E-state index contributed by atoms with van der Waals surface area (Å²) in [6.07, 6.45) is 1.64. The Kier molecular flexibility index (Phi) is 4.86. The highest BCUT2D eigenvalue weighted by Crippen LogP contribution is 2.40. The second-order valence-corrected chi connectivity index (χ2v) is 6.23. The van der Waals surface area contributed by atoms with Crippen molar-refractivity contribution in [2.45, 2.75) is 6.54 Å². The lowest BCUT2D eigenvalue weighted by Crippen LogP contribution is -2.11. The Morgan fingerprint density at radius 1 is 1.15 bits per heavy atom. The third-order valence-electron chi connectivity index (χ3n) is 4.12. The van der Waals surface area contributed by atoms with Crippen LogP contribution in [0.15, 0.2) is 36.1 Å². The number of methoxy groups -OCH3 is 2. The van der Waals surface area contributed by atoms with Crippen LogP contribution in [0.4, 0.5) is 0 Å². The zero-order chi connectivity index (χ0) is 18.8. The van der Waals surface area contributed by atoms with Gasteiger partial charge in [0.05, 0.1) is 25.3 Å². The topological polar surface area (TPSA) is 68.2 Å². The number of allylic oxidation sites excluding steroid dienone is 1. The maximum Gasteiger partial charge on any atom is 0.231 e. The van der Waals surface area contributed by atoms with E-state index in [2.05, 4.69) is 0 Å². The number of carbonyl (C=O) groups is 1. The van der Waals surface area contributed by atoms with Crippen LogP contribution in [0.2, 0.25) is 0 Å². The molecule has 0 bridgehead atoms. The monoisotopic (exact) mass is 355 g/mol. The van der Waals surface area contributed by atoms with Crippen molar-refractivity contribution in [1.82, 2.24) is 4.90 Å². The predicted molar refractivity (Wildman–Crippen MR) is 98.0 cm³/mol. The minimum absolute atomic E-state index is 0.105. The molecule has 0 spiro atoms. The molecule has 1 N–H and O–H groups in total. The van der Waals surface area contributed by atoms with Gasteiger partial charge in [0, 0.05) is 18.2 Å². The van der Waals surface area contributed by atoms with Crippen LogP contribution in [0.3, 0.4) is 0 Å². The van der Waals surface area contributed by atoms with Crippen LogP contribution < -0.4 is 14.2 Å². The van der Waals surface area contributed by atoms with Crippen LogP contribution in [0.1, 0.15) is 21.5 Å². The normalized spacial score (nSPS) is 14.5. The summed E-state index contributed by atoms with van der Waals surface area (Å²) in [6, 6.07) is 8.42. The van der Waals surface area contributed by atoms with E-state index < -0.39 is 0 Å². The Morgan fingerprint density at radius 3 is 2.58 bits per heavy atom. The van der Waals surface area contributed by atoms with Gasteiger partial charge < -0.3 is 24.2 Å². The van der Waals surface area contributed by atoms with Crippen LogP contribution in [0.25, 0.3) is 6.08 Å². The maximum atomic E-state index is 12.7. The van der Waals surface area contributed by atoms with Gasteiger partial charge in [-0.15, -0.1) is 0 Å². The highest BCUT2D eigenvalue weighted by molar-refractivity contribution is 6.15. The summed E-state index contributed by atoms with van der Waals surface area (Å²) < 4.78 is 16.4. The third kappa shape index (κ3) is 3.23. The van der Waals surface area contributed by atoms with Crippen molar-refractivity contribution in [2.24, 2.45) is 0 Å². The molecular formula is C20H21NO5. The summed E-state index contributed by atoms with van der Waals surface area (Å²) in [7, 11) is 6.89. The van der Waals surface area contributed by atoms with Crippen molar-refractivity contribution >= 4 is 11.9 Å². The number of hydrogen-bond donors (Lipinski definition) is 1. The highest BCUT2D eigenvalue weighted by atomic mass is 16.5. The van der Waals surface area contributed by atoms with E-state index in [1.54, 1.807) is 44.6 Å². The minimum Gasteiger partial charge on any atom is -0.507 e. The van der Waals surface area contributed by atoms with Gasteiger partial charge in [0.1, 0.15) is 23.0 Å². The number of carbonyl (C=O) groups excluding carboxylic acids is 1. The molecule has 0 saturated heterocycles. The highest BCUT2D eigenvalue weighted by Gasteiger charge is 2.31. The maximum absolute atomic E-state index is 12.7. The third-order valence-corrected chi connectivity index (χ3v) is 4.12. The van der Waals surface area contributed by atoms with Crippen LogP contribution >= 0.6 is 0 Å². The first-order chi connectivity index (χ1) is 12.4. The summed E-state index contributed by atoms with van der Waals surface area (Å²) in [5, 5.41) is 10.2. The molecule has 1 aliphatic heterocycles. The number of hydrogen-bond acceptors (Lipinski definition) is 6. The molecule has 0 atom stereocenters. The lowest BCUT2D eigenvalue weighted by molar-refractivity contribution is 0.101. The predicted octanol–water partition coefficient (Wildman–Crippen LogP) is 3.09. The number of nitrogens with zero attached hydrogens (tertiary/aromatic N) is 1. The van der Waals surface area contributed by atoms with Crippen LogP contribution in [-0.2, 0) is 6.54 Å². The number of Topliss-reactive ketones (excluding diaryl/α,β-unsaturated/α-hetero) is 1. The number of rotatable bonds is 5. The molecule has 2 aromatic rings. The molecular weight excluding hydrogens is 334 g/mol. The number of benzene rings is 2. The molecule has 0 aromatic heterocycles. The average molecular weight is 355 g/mol. The summed E-state index contributed by atoms with van der Waals surface area (Å²) in [5.74, 6) is 1.70. The van der Waals surface area contributed by atoms with Gasteiger partial charge in [-0.25, -0.2) is 0 Å². The average Bonchev–Trinajstić information content (AvgIpc) is 2.93. The molecule has 0 fully saturated rings. The Balaban J connectivity index is 2.02. The summed E-state index contributed by atoms with van der Waals surface area (Å²) >= 11 is 0. The summed E-state index contributed by atoms with van der Waals surface area (Å²) in [6.45, 7) is 0.460. The van der Waals surface area contributed by atoms with Gasteiger partial charge in [-0.3, -0.25) is 4.79 Å². The van der Waals surface area contributed by atoms with Gasteiger partial charge in [0.25, 0.3) is 0 Å². The molecule has 3 rings (SSSR count). The first-order valence-corrected chi connectivity index (χ1v) is 8.10. The largest absolute Gasteiger partial charge is 0.507 e. The summed E-state index contributed by atoms with van der Waals surface area (Å²) in [5.41, 5.74) is 1.73. The van der Waals surface area contributed by atoms with Gasteiger partial charge in [-0.2, -0.15) is 0 Å². The lowest BCUT2D eigenvalue weighted by atomic mass is 10.0. The fraction of sp³-hybridized carbons (Fsp3) is 0.250.